The van der Waals surface area contributed by atoms with E-state index >= 15 is 0 Å². The van der Waals surface area contributed by atoms with Crippen LogP contribution in [-0.2, 0) is 11.8 Å². The normalized spacial score (nSPS) is 11.9. The van der Waals surface area contributed by atoms with Crippen molar-refractivity contribution in [1.82, 2.24) is 20.1 Å². The molecule has 0 spiro atoms. The fraction of sp³-hybridized carbons (Fsp3) is 0.304. The second-order valence-electron chi connectivity index (χ2n) is 7.80. The molecule has 0 aliphatic rings. The average Bonchev–Trinajstić information content (AvgIpc) is 3.12. The number of nitrogens with zero attached hydrogens (tertiary/aromatic N) is 3. The Morgan fingerprint density at radius 2 is 1.72 bits per heavy atom. The van der Waals surface area contributed by atoms with E-state index in [1.807, 2.05) is 80.9 Å². The van der Waals surface area contributed by atoms with E-state index in [4.69, 9.17) is 0 Å². The zero-order chi connectivity index (χ0) is 23.3. The van der Waals surface area contributed by atoms with Gasteiger partial charge < -0.3 is 15.2 Å². The van der Waals surface area contributed by atoms with Crippen LogP contribution < -0.4 is 10.6 Å². The lowest BCUT2D eigenvalue weighted by molar-refractivity contribution is -0.113. The molecule has 1 atom stereocenters. The Kier molecular flexibility index (Phi) is 8.09. The summed E-state index contributed by atoms with van der Waals surface area (Å²) in [6.45, 7) is 6.02. The molecule has 0 saturated carbocycles. The molecular weight excluding hydrogens is 490 g/mol. The smallest absolute Gasteiger partial charge is 0.251 e. The number of carbonyl (C=O) groups is 2. The minimum atomic E-state index is -0.313. The number of hydrogen-bond donors (Lipinski definition) is 2. The van der Waals surface area contributed by atoms with Gasteiger partial charge in [-0.2, -0.15) is 0 Å². The first-order chi connectivity index (χ1) is 15.2. The monoisotopic (exact) mass is 515 g/mol. The first-order valence-electron chi connectivity index (χ1n) is 10.2. The molecule has 0 fully saturated rings. The molecule has 2 aromatic carbocycles. The van der Waals surface area contributed by atoms with Gasteiger partial charge in [-0.05, 0) is 49.2 Å². The molecule has 0 bridgehead atoms. The van der Waals surface area contributed by atoms with E-state index in [9.17, 15) is 9.59 Å². The zero-order valence-electron chi connectivity index (χ0n) is 18.4. The van der Waals surface area contributed by atoms with Crippen molar-refractivity contribution in [3.63, 3.8) is 0 Å². The van der Waals surface area contributed by atoms with E-state index in [0.29, 0.717) is 16.5 Å². The molecule has 3 rings (SSSR count). The van der Waals surface area contributed by atoms with Crippen molar-refractivity contribution in [2.24, 2.45) is 13.0 Å². The van der Waals surface area contributed by atoms with Crippen molar-refractivity contribution in [3.05, 3.63) is 70.0 Å². The molecule has 1 aromatic heterocycles. The van der Waals surface area contributed by atoms with Crippen LogP contribution in [0.4, 0.5) is 5.69 Å². The predicted molar refractivity (Wildman–Crippen MR) is 131 cm³/mol. The van der Waals surface area contributed by atoms with Crippen LogP contribution in [0.1, 0.15) is 41.6 Å². The lowest BCUT2D eigenvalue weighted by Crippen LogP contribution is -2.33. The predicted octanol–water partition coefficient (Wildman–Crippen LogP) is 4.74. The van der Waals surface area contributed by atoms with Gasteiger partial charge in [0.2, 0.25) is 5.91 Å². The highest BCUT2D eigenvalue weighted by atomic mass is 79.9. The molecule has 0 aliphatic heterocycles. The van der Waals surface area contributed by atoms with Crippen LogP contribution in [0, 0.1) is 12.8 Å². The maximum atomic E-state index is 12.7. The second-order valence-corrected chi connectivity index (χ2v) is 9.66. The van der Waals surface area contributed by atoms with Crippen LogP contribution in [0.5, 0.6) is 0 Å². The van der Waals surface area contributed by atoms with Crippen molar-refractivity contribution in [1.29, 1.82) is 0 Å². The molecule has 1 heterocycles. The average molecular weight is 516 g/mol. The van der Waals surface area contributed by atoms with Gasteiger partial charge in [-0.3, -0.25) is 9.59 Å². The number of amides is 2. The fourth-order valence-electron chi connectivity index (χ4n) is 3.04. The van der Waals surface area contributed by atoms with E-state index in [1.165, 1.54) is 11.8 Å². The van der Waals surface area contributed by atoms with Gasteiger partial charge in [0, 0.05) is 22.8 Å². The van der Waals surface area contributed by atoms with Gasteiger partial charge >= 0.3 is 0 Å². The van der Waals surface area contributed by atoms with Crippen LogP contribution in [0.25, 0.3) is 0 Å². The third kappa shape index (κ3) is 6.20. The van der Waals surface area contributed by atoms with Gasteiger partial charge in [0.25, 0.3) is 5.91 Å². The molecule has 2 N–H and O–H groups in total. The minimum absolute atomic E-state index is 0.103. The van der Waals surface area contributed by atoms with E-state index in [1.54, 1.807) is 0 Å². The van der Waals surface area contributed by atoms with Gasteiger partial charge in [-0.25, -0.2) is 0 Å². The lowest BCUT2D eigenvalue weighted by Gasteiger charge is -2.21. The summed E-state index contributed by atoms with van der Waals surface area (Å²) in [4.78, 5) is 25.0. The third-order valence-electron chi connectivity index (χ3n) is 4.87. The summed E-state index contributed by atoms with van der Waals surface area (Å²) in [6.07, 6.45) is 0. The van der Waals surface area contributed by atoms with E-state index in [0.717, 1.165) is 15.7 Å². The van der Waals surface area contributed by atoms with Gasteiger partial charge in [-0.15, -0.1) is 10.2 Å². The summed E-state index contributed by atoms with van der Waals surface area (Å²) >= 11 is 4.67. The molecule has 0 unspecified atom stereocenters. The molecule has 0 saturated heterocycles. The van der Waals surface area contributed by atoms with Crippen LogP contribution in [0.2, 0.25) is 0 Å². The summed E-state index contributed by atoms with van der Waals surface area (Å²) in [5.74, 6) is 0.663. The summed E-state index contributed by atoms with van der Waals surface area (Å²) in [5.41, 5.74) is 2.43. The number of halogens is 1. The number of nitrogens with one attached hydrogen (secondary N) is 2. The van der Waals surface area contributed by atoms with Gasteiger partial charge in [-0.1, -0.05) is 59.2 Å². The van der Waals surface area contributed by atoms with Crippen LogP contribution in [-0.4, -0.2) is 32.3 Å². The van der Waals surface area contributed by atoms with Crippen molar-refractivity contribution in [2.75, 3.05) is 11.1 Å². The van der Waals surface area contributed by atoms with Crippen LogP contribution in [0.15, 0.2) is 58.2 Å². The molecule has 0 radical (unpaired) electrons. The van der Waals surface area contributed by atoms with E-state index in [2.05, 4.69) is 36.8 Å². The maximum absolute atomic E-state index is 12.7. The van der Waals surface area contributed by atoms with Gasteiger partial charge in [0.1, 0.15) is 0 Å². The number of hydrogen-bond acceptors (Lipinski definition) is 5. The number of rotatable bonds is 8. The molecule has 0 aliphatic carbocycles. The van der Waals surface area contributed by atoms with Gasteiger partial charge in [0.05, 0.1) is 11.8 Å². The highest BCUT2D eigenvalue weighted by Crippen LogP contribution is 2.25. The topological polar surface area (TPSA) is 88.9 Å². The Hall–Kier alpha value is -2.65. The van der Waals surface area contributed by atoms with Crippen LogP contribution >= 0.6 is 27.7 Å². The zero-order valence-corrected chi connectivity index (χ0v) is 20.8. The number of aryl methyl sites for hydroxylation is 1. The SMILES string of the molecule is Cc1ccc(C(=O)N[C@H](c2nnc(SCC(=O)Nc3ccc(Br)cc3)n2C)C(C)C)cc1. The van der Waals surface area contributed by atoms with Gasteiger partial charge in [0.15, 0.2) is 11.0 Å². The summed E-state index contributed by atoms with van der Waals surface area (Å²) < 4.78 is 2.78. The Labute approximate surface area is 200 Å². The standard InChI is InChI=1S/C23H26BrN5O2S/c1-14(2)20(26-22(31)16-7-5-15(3)6-8-16)21-27-28-23(29(21)4)32-13-19(30)25-18-11-9-17(24)10-12-18/h5-12,14,20H,13H2,1-4H3,(H,25,30)(H,26,31)/t20-/m0/s1. The second kappa shape index (κ2) is 10.8. The number of aromatic nitrogens is 3. The number of anilines is 1. The van der Waals surface area contributed by atoms with E-state index in [-0.39, 0.29) is 29.5 Å². The fourth-order valence-corrected chi connectivity index (χ4v) is 4.02. The highest BCUT2D eigenvalue weighted by molar-refractivity contribution is 9.10. The van der Waals surface area contributed by atoms with Crippen molar-refractivity contribution in [3.8, 4) is 0 Å². The molecular formula is C23H26BrN5O2S. The minimum Gasteiger partial charge on any atom is -0.342 e. The molecule has 32 heavy (non-hydrogen) atoms. The number of benzene rings is 2. The number of carbonyl (C=O) groups excluding carboxylic acids is 2. The van der Waals surface area contributed by atoms with Crippen molar-refractivity contribution in [2.45, 2.75) is 32.0 Å². The quantitative estimate of drug-likeness (QED) is 0.422. The van der Waals surface area contributed by atoms with Crippen molar-refractivity contribution >= 4 is 45.2 Å². The summed E-state index contributed by atoms with van der Waals surface area (Å²) in [6, 6.07) is 14.5. The molecule has 7 nitrogen and oxygen atoms in total. The maximum Gasteiger partial charge on any atom is 0.251 e. The Bertz CT molecular complexity index is 1080. The molecule has 3 aromatic rings. The van der Waals surface area contributed by atoms with Crippen LogP contribution in [0.3, 0.4) is 0 Å². The molecule has 168 valence electrons. The Morgan fingerprint density at radius 3 is 2.34 bits per heavy atom. The largest absolute Gasteiger partial charge is 0.342 e. The highest BCUT2D eigenvalue weighted by Gasteiger charge is 2.25. The Morgan fingerprint density at radius 1 is 1.06 bits per heavy atom. The van der Waals surface area contributed by atoms with Crippen molar-refractivity contribution < 1.29 is 9.59 Å². The molecule has 2 amide bonds. The number of thioether (sulfide) groups is 1. The first-order valence-corrected chi connectivity index (χ1v) is 12.0. The molecule has 9 heteroatoms. The summed E-state index contributed by atoms with van der Waals surface area (Å²) in [7, 11) is 1.84. The lowest BCUT2D eigenvalue weighted by atomic mass is 10.0. The van der Waals surface area contributed by atoms with E-state index < -0.39 is 0 Å². The first kappa shape index (κ1) is 24.0. The third-order valence-corrected chi connectivity index (χ3v) is 6.42. The summed E-state index contributed by atoms with van der Waals surface area (Å²) in [5, 5.41) is 15.1. The Balaban J connectivity index is 1.65.